The molecule has 104 valence electrons. The van der Waals surface area contributed by atoms with Crippen molar-refractivity contribution in [1.82, 2.24) is 10.6 Å². The third-order valence-electron chi connectivity index (χ3n) is 3.20. The smallest absolute Gasteiger partial charge is 0.315 e. The molecule has 0 bridgehead atoms. The molecule has 6 nitrogen and oxygen atoms in total. The lowest BCUT2D eigenvalue weighted by molar-refractivity contribution is -0.141. The topological polar surface area (TPSA) is 98.7 Å². The van der Waals surface area contributed by atoms with Crippen LogP contribution in [0, 0.1) is 5.92 Å². The van der Waals surface area contributed by atoms with E-state index in [9.17, 15) is 14.7 Å². The second-order valence-corrected chi connectivity index (χ2v) is 5.87. The summed E-state index contributed by atoms with van der Waals surface area (Å²) in [6, 6.07) is -0.377. The molecular weight excluding hydrogens is 236 g/mol. The SMILES string of the molecule is CC(O)(CNC(=O)NC(C)(C)C1CC1)CC(=O)O. The Kier molecular flexibility index (Phi) is 4.21. The van der Waals surface area contributed by atoms with Crippen LogP contribution in [0.3, 0.4) is 0 Å². The zero-order valence-electron chi connectivity index (χ0n) is 11.1. The fourth-order valence-electron chi connectivity index (χ4n) is 1.90. The van der Waals surface area contributed by atoms with Crippen molar-refractivity contribution in [2.45, 2.75) is 51.2 Å². The largest absolute Gasteiger partial charge is 0.481 e. The van der Waals surface area contributed by atoms with Crippen molar-refractivity contribution >= 4 is 12.0 Å². The first-order valence-electron chi connectivity index (χ1n) is 6.12. The predicted molar refractivity (Wildman–Crippen MR) is 66.2 cm³/mol. The molecule has 2 amide bonds. The van der Waals surface area contributed by atoms with Gasteiger partial charge in [0.15, 0.2) is 0 Å². The van der Waals surface area contributed by atoms with Gasteiger partial charge in [-0.25, -0.2) is 4.79 Å². The Morgan fingerprint density at radius 1 is 1.28 bits per heavy atom. The number of carbonyl (C=O) groups excluding carboxylic acids is 1. The first-order valence-corrected chi connectivity index (χ1v) is 6.12. The third-order valence-corrected chi connectivity index (χ3v) is 3.20. The normalized spacial score (nSPS) is 18.9. The van der Waals surface area contributed by atoms with Crippen LogP contribution in [0.25, 0.3) is 0 Å². The van der Waals surface area contributed by atoms with Crippen molar-refractivity contribution in [3.8, 4) is 0 Å². The van der Waals surface area contributed by atoms with Gasteiger partial charge in [0.05, 0.1) is 12.0 Å². The lowest BCUT2D eigenvalue weighted by Gasteiger charge is -2.28. The Morgan fingerprint density at radius 3 is 2.28 bits per heavy atom. The fourth-order valence-corrected chi connectivity index (χ4v) is 1.90. The number of amides is 2. The molecule has 0 aromatic heterocycles. The first-order chi connectivity index (χ1) is 8.12. The molecule has 0 aromatic carbocycles. The number of carboxylic acids is 1. The van der Waals surface area contributed by atoms with Crippen LogP contribution in [0.4, 0.5) is 4.79 Å². The van der Waals surface area contributed by atoms with Gasteiger partial charge in [-0.2, -0.15) is 0 Å². The second kappa shape index (κ2) is 5.14. The number of rotatable bonds is 6. The average molecular weight is 258 g/mol. The Hall–Kier alpha value is -1.30. The van der Waals surface area contributed by atoms with Gasteiger partial charge < -0.3 is 20.8 Å². The summed E-state index contributed by atoms with van der Waals surface area (Å²) in [7, 11) is 0. The summed E-state index contributed by atoms with van der Waals surface area (Å²) < 4.78 is 0. The van der Waals surface area contributed by atoms with E-state index in [1.165, 1.54) is 6.92 Å². The zero-order valence-corrected chi connectivity index (χ0v) is 11.1. The second-order valence-electron chi connectivity index (χ2n) is 5.87. The van der Waals surface area contributed by atoms with Gasteiger partial charge >= 0.3 is 12.0 Å². The number of urea groups is 1. The highest BCUT2D eigenvalue weighted by atomic mass is 16.4. The number of carbonyl (C=O) groups is 2. The highest BCUT2D eigenvalue weighted by Gasteiger charge is 2.39. The zero-order chi connectivity index (χ0) is 14.0. The average Bonchev–Trinajstić information content (AvgIpc) is 2.95. The molecule has 1 fully saturated rings. The molecule has 4 N–H and O–H groups in total. The van der Waals surface area contributed by atoms with Crippen LogP contribution in [0.5, 0.6) is 0 Å². The van der Waals surface area contributed by atoms with E-state index >= 15 is 0 Å². The van der Waals surface area contributed by atoms with Crippen molar-refractivity contribution in [2.75, 3.05) is 6.54 Å². The molecule has 1 saturated carbocycles. The molecule has 1 aliphatic rings. The molecule has 6 heteroatoms. The number of aliphatic carboxylic acids is 1. The molecule has 1 aliphatic carbocycles. The van der Waals surface area contributed by atoms with Gasteiger partial charge in [0.25, 0.3) is 0 Å². The molecule has 1 atom stereocenters. The van der Waals surface area contributed by atoms with E-state index in [1.807, 2.05) is 13.8 Å². The maximum absolute atomic E-state index is 11.6. The Morgan fingerprint density at radius 2 is 1.83 bits per heavy atom. The maximum Gasteiger partial charge on any atom is 0.315 e. The Bertz CT molecular complexity index is 335. The van der Waals surface area contributed by atoms with E-state index in [-0.39, 0.29) is 18.1 Å². The highest BCUT2D eigenvalue weighted by molar-refractivity contribution is 5.75. The van der Waals surface area contributed by atoms with Crippen LogP contribution in [-0.2, 0) is 4.79 Å². The summed E-state index contributed by atoms with van der Waals surface area (Å²) in [5, 5.41) is 23.7. The van der Waals surface area contributed by atoms with E-state index in [1.54, 1.807) is 0 Å². The van der Waals surface area contributed by atoms with Gasteiger partial charge in [-0.1, -0.05) is 0 Å². The predicted octanol–water partition coefficient (Wildman–Crippen LogP) is 0.700. The van der Waals surface area contributed by atoms with Gasteiger partial charge in [-0.05, 0) is 39.5 Å². The van der Waals surface area contributed by atoms with E-state index in [4.69, 9.17) is 5.11 Å². The fraction of sp³-hybridized carbons (Fsp3) is 0.833. The summed E-state index contributed by atoms with van der Waals surface area (Å²) in [5.74, 6) is -0.594. The minimum Gasteiger partial charge on any atom is -0.481 e. The summed E-state index contributed by atoms with van der Waals surface area (Å²) in [5.41, 5.74) is -1.70. The van der Waals surface area contributed by atoms with Gasteiger partial charge in [-0.3, -0.25) is 4.79 Å². The van der Waals surface area contributed by atoms with Gasteiger partial charge in [0.1, 0.15) is 0 Å². The molecule has 0 radical (unpaired) electrons. The van der Waals surface area contributed by atoms with Crippen LogP contribution in [0.1, 0.15) is 40.0 Å². The van der Waals surface area contributed by atoms with Crippen molar-refractivity contribution in [3.63, 3.8) is 0 Å². The van der Waals surface area contributed by atoms with Crippen molar-refractivity contribution in [3.05, 3.63) is 0 Å². The quantitative estimate of drug-likeness (QED) is 0.563. The standard InChI is InChI=1S/C12H22N2O4/c1-11(2,8-4-5-8)14-10(17)13-7-12(3,18)6-9(15)16/h8,18H,4-7H2,1-3H3,(H,15,16)(H2,13,14,17). The van der Waals surface area contributed by atoms with E-state index in [0.29, 0.717) is 5.92 Å². The molecule has 0 aliphatic heterocycles. The molecule has 0 spiro atoms. The number of carboxylic acid groups (broad SMARTS) is 1. The van der Waals surface area contributed by atoms with Gasteiger partial charge in [-0.15, -0.1) is 0 Å². The van der Waals surface area contributed by atoms with E-state index in [2.05, 4.69) is 10.6 Å². The first kappa shape index (κ1) is 14.8. The third kappa shape index (κ3) is 4.91. The summed E-state index contributed by atoms with van der Waals surface area (Å²) >= 11 is 0. The lowest BCUT2D eigenvalue weighted by Crippen LogP contribution is -2.52. The van der Waals surface area contributed by atoms with Gasteiger partial charge in [0, 0.05) is 12.1 Å². The summed E-state index contributed by atoms with van der Waals surface area (Å²) in [6.45, 7) is 5.21. The lowest BCUT2D eigenvalue weighted by atomic mass is 9.99. The van der Waals surface area contributed by atoms with Crippen LogP contribution >= 0.6 is 0 Å². The van der Waals surface area contributed by atoms with Crippen LogP contribution in [-0.4, -0.2) is 39.9 Å². The minimum absolute atomic E-state index is 0.0914. The van der Waals surface area contributed by atoms with Crippen LogP contribution < -0.4 is 10.6 Å². The molecule has 0 saturated heterocycles. The van der Waals surface area contributed by atoms with E-state index < -0.39 is 18.0 Å². The van der Waals surface area contributed by atoms with Crippen molar-refractivity contribution < 1.29 is 19.8 Å². The molecule has 18 heavy (non-hydrogen) atoms. The van der Waals surface area contributed by atoms with Crippen molar-refractivity contribution in [2.24, 2.45) is 5.92 Å². The molecule has 1 rings (SSSR count). The minimum atomic E-state index is -1.44. The summed E-state index contributed by atoms with van der Waals surface area (Å²) in [6.07, 6.45) is 1.83. The monoisotopic (exact) mass is 258 g/mol. The number of nitrogens with one attached hydrogen (secondary N) is 2. The van der Waals surface area contributed by atoms with Gasteiger partial charge in [0.2, 0.25) is 0 Å². The highest BCUT2D eigenvalue weighted by Crippen LogP contribution is 2.39. The maximum atomic E-state index is 11.6. The molecular formula is C12H22N2O4. The Balaban J connectivity index is 2.34. The van der Waals surface area contributed by atoms with Crippen LogP contribution in [0.2, 0.25) is 0 Å². The number of aliphatic hydroxyl groups is 1. The van der Waals surface area contributed by atoms with E-state index in [0.717, 1.165) is 12.8 Å². The number of hydrogen-bond acceptors (Lipinski definition) is 3. The van der Waals surface area contributed by atoms with Crippen molar-refractivity contribution in [1.29, 1.82) is 0 Å². The molecule has 1 unspecified atom stereocenters. The molecule has 0 aromatic rings. The summed E-state index contributed by atoms with van der Waals surface area (Å²) in [4.78, 5) is 22.1. The molecule has 0 heterocycles. The van der Waals surface area contributed by atoms with Crippen LogP contribution in [0.15, 0.2) is 0 Å². The Labute approximate surface area is 107 Å². The number of hydrogen-bond donors (Lipinski definition) is 4.